The lowest BCUT2D eigenvalue weighted by atomic mass is 9.90. The van der Waals surface area contributed by atoms with Gasteiger partial charge < -0.3 is 35.6 Å². The van der Waals surface area contributed by atoms with Gasteiger partial charge in [-0.3, -0.25) is 19.2 Å². The smallest absolute Gasteiger partial charge is 0.242 e. The summed E-state index contributed by atoms with van der Waals surface area (Å²) in [6.07, 6.45) is 1.31. The lowest BCUT2D eigenvalue weighted by Gasteiger charge is -2.39. The maximum atomic E-state index is 13.5. The number of likely N-dealkylation sites (tertiary alicyclic amines) is 1. The van der Waals surface area contributed by atoms with Crippen molar-refractivity contribution in [2.24, 2.45) is 23.5 Å². The summed E-state index contributed by atoms with van der Waals surface area (Å²) in [7, 11) is 6.48. The van der Waals surface area contributed by atoms with E-state index in [1.165, 1.54) is 7.11 Å². The van der Waals surface area contributed by atoms with Crippen molar-refractivity contribution in [1.82, 2.24) is 20.4 Å². The van der Waals surface area contributed by atoms with E-state index in [9.17, 15) is 19.2 Å². The fraction of sp³-hybridized carbons (Fsp3) is 0.852. The van der Waals surface area contributed by atoms with Crippen LogP contribution in [-0.4, -0.2) is 105 Å². The molecule has 0 aromatic heterocycles. The standard InChI is InChI=1S/C27H51N5O6/c1-10-17(4)24(31(7)22(34)15-30-27(36)23(29-6)16(2)3)20(37-8)14-21(33)32-13-11-12-19(32)25(38-9)18(5)26(28)35/h16-20,23-25,29H,10-15H2,1-9H3,(H2,28,35)(H,30,36)/t17?,18?,19-,20?,23?,24?,25?/m0/s1. The van der Waals surface area contributed by atoms with Crippen LogP contribution in [0.25, 0.3) is 0 Å². The van der Waals surface area contributed by atoms with Crippen LogP contribution in [0.15, 0.2) is 0 Å². The van der Waals surface area contributed by atoms with Crippen LogP contribution in [0.3, 0.4) is 0 Å². The van der Waals surface area contributed by atoms with E-state index in [1.54, 1.807) is 37.9 Å². The number of ether oxygens (including phenoxy) is 2. The third-order valence-electron chi connectivity index (χ3n) is 8.01. The zero-order chi connectivity index (χ0) is 29.2. The van der Waals surface area contributed by atoms with Crippen molar-refractivity contribution in [2.45, 2.75) is 90.6 Å². The molecule has 38 heavy (non-hydrogen) atoms. The molecule has 6 unspecified atom stereocenters. The Hall–Kier alpha value is -2.24. The van der Waals surface area contributed by atoms with E-state index in [-0.39, 0.29) is 54.6 Å². The number of nitrogens with zero attached hydrogens (tertiary/aromatic N) is 2. The molecule has 1 saturated heterocycles. The van der Waals surface area contributed by atoms with E-state index >= 15 is 0 Å². The Morgan fingerprint density at radius 2 is 1.74 bits per heavy atom. The molecule has 1 heterocycles. The Labute approximate surface area is 228 Å². The highest BCUT2D eigenvalue weighted by Crippen LogP contribution is 2.29. The Bertz CT molecular complexity index is 794. The third-order valence-corrected chi connectivity index (χ3v) is 8.01. The monoisotopic (exact) mass is 541 g/mol. The van der Waals surface area contributed by atoms with Crippen molar-refractivity contribution in [3.8, 4) is 0 Å². The minimum atomic E-state index is -0.557. The lowest BCUT2D eigenvalue weighted by molar-refractivity contribution is -0.145. The van der Waals surface area contributed by atoms with E-state index in [2.05, 4.69) is 10.6 Å². The fourth-order valence-electron chi connectivity index (χ4n) is 5.50. The molecule has 1 aliphatic rings. The number of methoxy groups -OCH3 is 2. The number of hydrogen-bond donors (Lipinski definition) is 3. The quantitative estimate of drug-likeness (QED) is 0.262. The van der Waals surface area contributed by atoms with Gasteiger partial charge >= 0.3 is 0 Å². The van der Waals surface area contributed by atoms with Crippen molar-refractivity contribution in [3.05, 3.63) is 0 Å². The van der Waals surface area contributed by atoms with Gasteiger partial charge in [-0.05, 0) is 31.7 Å². The van der Waals surface area contributed by atoms with E-state index < -0.39 is 30.1 Å². The lowest BCUT2D eigenvalue weighted by Crippen LogP contribution is -2.55. The first-order chi connectivity index (χ1) is 17.9. The zero-order valence-corrected chi connectivity index (χ0v) is 24.8. The van der Waals surface area contributed by atoms with Gasteiger partial charge in [0.25, 0.3) is 0 Å². The number of hydrogen-bond acceptors (Lipinski definition) is 7. The number of likely N-dealkylation sites (N-methyl/N-ethyl adjacent to an activating group) is 2. The highest BCUT2D eigenvalue weighted by Gasteiger charge is 2.41. The summed E-state index contributed by atoms with van der Waals surface area (Å²) < 4.78 is 11.4. The van der Waals surface area contributed by atoms with Gasteiger partial charge in [0.05, 0.1) is 49.2 Å². The zero-order valence-electron chi connectivity index (χ0n) is 24.8. The highest BCUT2D eigenvalue weighted by atomic mass is 16.5. The van der Waals surface area contributed by atoms with Gasteiger partial charge in [0.1, 0.15) is 0 Å². The molecule has 0 spiro atoms. The van der Waals surface area contributed by atoms with Crippen molar-refractivity contribution < 1.29 is 28.7 Å². The minimum absolute atomic E-state index is 0.0362. The third kappa shape index (κ3) is 8.64. The molecule has 4 amide bonds. The molecule has 0 saturated carbocycles. The molecule has 1 rings (SSSR count). The Kier molecular flexibility index (Phi) is 14.2. The maximum Gasteiger partial charge on any atom is 0.242 e. The summed E-state index contributed by atoms with van der Waals surface area (Å²) in [5, 5.41) is 5.71. The second-order valence-electron chi connectivity index (χ2n) is 10.8. The van der Waals surface area contributed by atoms with Crippen molar-refractivity contribution in [1.29, 1.82) is 0 Å². The molecular formula is C27H51N5O6. The number of nitrogens with one attached hydrogen (secondary N) is 2. The average molecular weight is 542 g/mol. The van der Waals surface area contributed by atoms with Gasteiger partial charge in [-0.2, -0.15) is 0 Å². The van der Waals surface area contributed by atoms with Crippen molar-refractivity contribution in [2.75, 3.05) is 41.4 Å². The normalized spacial score (nSPS) is 20.4. The number of nitrogens with two attached hydrogens (primary N) is 1. The van der Waals surface area contributed by atoms with E-state index in [0.29, 0.717) is 6.54 Å². The average Bonchev–Trinajstić information content (AvgIpc) is 3.36. The summed E-state index contributed by atoms with van der Waals surface area (Å²) in [5.74, 6) is -1.51. The van der Waals surface area contributed by atoms with Gasteiger partial charge in [-0.25, -0.2) is 0 Å². The fourth-order valence-corrected chi connectivity index (χ4v) is 5.50. The van der Waals surface area contributed by atoms with Crippen molar-refractivity contribution in [3.63, 3.8) is 0 Å². The summed E-state index contributed by atoms with van der Waals surface area (Å²) >= 11 is 0. The summed E-state index contributed by atoms with van der Waals surface area (Å²) in [5.41, 5.74) is 5.53. The molecule has 1 fully saturated rings. The van der Waals surface area contributed by atoms with Crippen molar-refractivity contribution >= 4 is 23.6 Å². The topological polar surface area (TPSA) is 143 Å². The number of primary amides is 1. The molecule has 1 aliphatic heterocycles. The first-order valence-corrected chi connectivity index (χ1v) is 13.7. The molecule has 0 aliphatic carbocycles. The highest BCUT2D eigenvalue weighted by molar-refractivity contribution is 5.87. The Morgan fingerprint density at radius 3 is 2.21 bits per heavy atom. The van der Waals surface area contributed by atoms with Crippen LogP contribution in [-0.2, 0) is 28.7 Å². The predicted molar refractivity (Wildman–Crippen MR) is 146 cm³/mol. The van der Waals surface area contributed by atoms with Crippen LogP contribution in [0.2, 0.25) is 0 Å². The van der Waals surface area contributed by atoms with Crippen LogP contribution in [0.4, 0.5) is 0 Å². The number of rotatable bonds is 16. The molecule has 0 radical (unpaired) electrons. The minimum Gasteiger partial charge on any atom is -0.379 e. The molecule has 11 heteroatoms. The van der Waals surface area contributed by atoms with Crippen LogP contribution < -0.4 is 16.4 Å². The van der Waals surface area contributed by atoms with Gasteiger partial charge in [-0.15, -0.1) is 0 Å². The summed E-state index contributed by atoms with van der Waals surface area (Å²) in [6, 6.07) is -1.04. The summed E-state index contributed by atoms with van der Waals surface area (Å²) in [4.78, 5) is 54.4. The number of amides is 4. The largest absolute Gasteiger partial charge is 0.379 e. The van der Waals surface area contributed by atoms with Gasteiger partial charge in [0, 0.05) is 27.8 Å². The second kappa shape index (κ2) is 16.0. The molecule has 11 nitrogen and oxygen atoms in total. The molecule has 4 N–H and O–H groups in total. The molecule has 0 aromatic carbocycles. The molecular weight excluding hydrogens is 490 g/mol. The Balaban J connectivity index is 3.03. The van der Waals surface area contributed by atoms with Crippen LogP contribution in [0.5, 0.6) is 0 Å². The van der Waals surface area contributed by atoms with E-state index in [0.717, 1.165) is 19.3 Å². The van der Waals surface area contributed by atoms with Crippen LogP contribution in [0, 0.1) is 17.8 Å². The maximum absolute atomic E-state index is 13.5. The molecule has 7 atom stereocenters. The van der Waals surface area contributed by atoms with Gasteiger partial charge in [0.2, 0.25) is 23.6 Å². The SMILES string of the molecule is CCC(C)C(C(CC(=O)N1CCC[C@H]1C(OC)C(C)C(N)=O)OC)N(C)C(=O)CNC(=O)C(NC)C(C)C. The van der Waals surface area contributed by atoms with Gasteiger partial charge in [-0.1, -0.05) is 41.0 Å². The second-order valence-corrected chi connectivity index (χ2v) is 10.8. The predicted octanol–water partition coefficient (Wildman–Crippen LogP) is 0.752. The summed E-state index contributed by atoms with van der Waals surface area (Å²) in [6.45, 7) is 10.0. The van der Waals surface area contributed by atoms with Crippen LogP contribution >= 0.6 is 0 Å². The molecule has 220 valence electrons. The number of carbonyl (C=O) groups is 4. The Morgan fingerprint density at radius 1 is 1.11 bits per heavy atom. The van der Waals surface area contributed by atoms with E-state index in [4.69, 9.17) is 15.2 Å². The first-order valence-electron chi connectivity index (χ1n) is 13.7. The number of carbonyl (C=O) groups excluding carboxylic acids is 4. The van der Waals surface area contributed by atoms with Crippen LogP contribution in [0.1, 0.15) is 60.3 Å². The van der Waals surface area contributed by atoms with E-state index in [1.807, 2.05) is 27.7 Å². The molecule has 0 aromatic rings. The first kappa shape index (κ1) is 33.8. The molecule has 0 bridgehead atoms. The van der Waals surface area contributed by atoms with Gasteiger partial charge in [0.15, 0.2) is 0 Å².